The van der Waals surface area contributed by atoms with Crippen molar-refractivity contribution in [3.63, 3.8) is 0 Å². The lowest BCUT2D eigenvalue weighted by Crippen LogP contribution is -2.30. The highest BCUT2D eigenvalue weighted by Gasteiger charge is 2.20. The molecular weight excluding hydrogens is 262 g/mol. The lowest BCUT2D eigenvalue weighted by Gasteiger charge is -2.27. The Hall–Kier alpha value is -1.06. The van der Waals surface area contributed by atoms with Crippen molar-refractivity contribution in [1.82, 2.24) is 0 Å². The van der Waals surface area contributed by atoms with Gasteiger partial charge in [0, 0.05) is 12.2 Å². The molecule has 1 aromatic carbocycles. The van der Waals surface area contributed by atoms with Crippen molar-refractivity contribution < 1.29 is 9.84 Å². The van der Waals surface area contributed by atoms with Gasteiger partial charge in [0.05, 0.1) is 18.8 Å². The van der Waals surface area contributed by atoms with Crippen LogP contribution in [0.3, 0.4) is 0 Å². The van der Waals surface area contributed by atoms with Crippen molar-refractivity contribution in [1.29, 1.82) is 0 Å². The Bertz CT molecular complexity index is 447. The second kappa shape index (κ2) is 7.81. The van der Waals surface area contributed by atoms with Gasteiger partial charge in [-0.05, 0) is 44.2 Å². The lowest BCUT2D eigenvalue weighted by molar-refractivity contribution is -0.0274. The molecule has 0 bridgehead atoms. The van der Waals surface area contributed by atoms with Gasteiger partial charge in [0.25, 0.3) is 0 Å². The summed E-state index contributed by atoms with van der Waals surface area (Å²) in [6, 6.07) is 6.30. The predicted molar refractivity (Wildman–Crippen MR) is 87.8 cm³/mol. The Morgan fingerprint density at radius 1 is 1.33 bits per heavy atom. The van der Waals surface area contributed by atoms with Crippen LogP contribution in [0.4, 0.5) is 5.69 Å². The van der Waals surface area contributed by atoms with E-state index >= 15 is 0 Å². The van der Waals surface area contributed by atoms with E-state index in [1.807, 2.05) is 0 Å². The molecule has 1 saturated carbocycles. The number of aryl methyl sites for hydroxylation is 2. The molecule has 3 atom stereocenters. The van der Waals surface area contributed by atoms with E-state index in [1.165, 1.54) is 24.0 Å². The molecule has 2 rings (SSSR count). The van der Waals surface area contributed by atoms with Crippen LogP contribution in [0.25, 0.3) is 0 Å². The summed E-state index contributed by atoms with van der Waals surface area (Å²) >= 11 is 0. The van der Waals surface area contributed by atoms with Gasteiger partial charge in [-0.2, -0.15) is 0 Å². The van der Waals surface area contributed by atoms with Crippen LogP contribution in [-0.4, -0.2) is 30.5 Å². The van der Waals surface area contributed by atoms with Crippen molar-refractivity contribution in [2.75, 3.05) is 18.5 Å². The van der Waals surface area contributed by atoms with Gasteiger partial charge in [0.1, 0.15) is 0 Å². The highest BCUT2D eigenvalue weighted by atomic mass is 16.5. The molecule has 2 N–H and O–H groups in total. The van der Waals surface area contributed by atoms with E-state index in [0.29, 0.717) is 19.3 Å². The summed E-state index contributed by atoms with van der Waals surface area (Å²) in [7, 11) is 0. The van der Waals surface area contributed by atoms with E-state index in [9.17, 15) is 5.11 Å². The first kappa shape index (κ1) is 16.3. The minimum atomic E-state index is -0.456. The number of nitrogens with one attached hydrogen (secondary N) is 1. The van der Waals surface area contributed by atoms with E-state index in [2.05, 4.69) is 44.3 Å². The van der Waals surface area contributed by atoms with Crippen LogP contribution >= 0.6 is 0 Å². The van der Waals surface area contributed by atoms with Gasteiger partial charge in [0.15, 0.2) is 0 Å². The van der Waals surface area contributed by atoms with Crippen molar-refractivity contribution in [2.45, 2.75) is 58.7 Å². The van der Waals surface area contributed by atoms with Gasteiger partial charge in [-0.15, -0.1) is 0 Å². The molecule has 0 aromatic heterocycles. The van der Waals surface area contributed by atoms with Crippen LogP contribution in [0.1, 0.15) is 43.7 Å². The maximum atomic E-state index is 10.1. The summed E-state index contributed by atoms with van der Waals surface area (Å²) in [5, 5.41) is 13.4. The van der Waals surface area contributed by atoms with Gasteiger partial charge in [0.2, 0.25) is 0 Å². The third-order valence-electron chi connectivity index (χ3n) is 4.32. The Labute approximate surface area is 128 Å². The molecule has 3 nitrogen and oxygen atoms in total. The van der Waals surface area contributed by atoms with Gasteiger partial charge in [-0.25, -0.2) is 0 Å². The average Bonchev–Trinajstić information content (AvgIpc) is 2.44. The summed E-state index contributed by atoms with van der Waals surface area (Å²) in [4.78, 5) is 0. The minimum Gasteiger partial charge on any atom is -0.389 e. The Kier molecular flexibility index (Phi) is 6.07. The molecule has 1 aliphatic carbocycles. The molecule has 0 amide bonds. The topological polar surface area (TPSA) is 41.5 Å². The fourth-order valence-electron chi connectivity index (χ4n) is 3.08. The molecule has 1 fully saturated rings. The molecule has 118 valence electrons. The number of ether oxygens (including phenoxy) is 1. The molecule has 0 aliphatic heterocycles. The van der Waals surface area contributed by atoms with Crippen LogP contribution in [0, 0.1) is 19.8 Å². The lowest BCUT2D eigenvalue weighted by atomic mass is 9.89. The van der Waals surface area contributed by atoms with Crippen LogP contribution in [0.5, 0.6) is 0 Å². The standard InChI is InChI=1S/C18H29NO2/c1-13-5-4-6-17(10-13)21-12-16(20)11-19-18-8-7-14(2)9-15(18)3/h7-9,13,16-17,19-20H,4-6,10-12H2,1-3H3. The average molecular weight is 291 g/mol. The molecule has 1 aromatic rings. The number of benzene rings is 1. The Morgan fingerprint density at radius 2 is 2.14 bits per heavy atom. The predicted octanol–water partition coefficient (Wildman–Crippen LogP) is 3.67. The van der Waals surface area contributed by atoms with E-state index < -0.39 is 6.10 Å². The Morgan fingerprint density at radius 3 is 2.86 bits per heavy atom. The number of hydrogen-bond donors (Lipinski definition) is 2. The first-order valence-corrected chi connectivity index (χ1v) is 8.15. The maximum absolute atomic E-state index is 10.1. The van der Waals surface area contributed by atoms with Crippen molar-refractivity contribution in [3.05, 3.63) is 29.3 Å². The largest absolute Gasteiger partial charge is 0.389 e. The van der Waals surface area contributed by atoms with Gasteiger partial charge >= 0.3 is 0 Å². The molecule has 3 heteroatoms. The Balaban J connectivity index is 1.70. The summed E-state index contributed by atoms with van der Waals surface area (Å²) < 4.78 is 5.86. The number of anilines is 1. The first-order valence-electron chi connectivity index (χ1n) is 8.15. The summed E-state index contributed by atoms with van der Waals surface area (Å²) in [5.74, 6) is 0.759. The zero-order valence-electron chi connectivity index (χ0n) is 13.6. The van der Waals surface area contributed by atoms with E-state index in [-0.39, 0.29) is 0 Å². The highest BCUT2D eigenvalue weighted by molar-refractivity contribution is 5.51. The molecule has 21 heavy (non-hydrogen) atoms. The van der Waals surface area contributed by atoms with Crippen molar-refractivity contribution in [3.8, 4) is 0 Å². The summed E-state index contributed by atoms with van der Waals surface area (Å²) in [6.45, 7) is 7.42. The molecule has 1 aliphatic rings. The van der Waals surface area contributed by atoms with Crippen LogP contribution in [0.2, 0.25) is 0 Å². The van der Waals surface area contributed by atoms with Crippen LogP contribution in [-0.2, 0) is 4.74 Å². The zero-order valence-corrected chi connectivity index (χ0v) is 13.6. The van der Waals surface area contributed by atoms with Crippen LogP contribution in [0.15, 0.2) is 18.2 Å². The minimum absolute atomic E-state index is 0.338. The molecule has 0 saturated heterocycles. The van der Waals surface area contributed by atoms with E-state index in [0.717, 1.165) is 24.4 Å². The second-order valence-corrected chi connectivity index (χ2v) is 6.58. The zero-order chi connectivity index (χ0) is 15.2. The monoisotopic (exact) mass is 291 g/mol. The maximum Gasteiger partial charge on any atom is 0.0945 e. The fourth-order valence-corrected chi connectivity index (χ4v) is 3.08. The van der Waals surface area contributed by atoms with E-state index in [1.54, 1.807) is 0 Å². The summed E-state index contributed by atoms with van der Waals surface area (Å²) in [5.41, 5.74) is 3.56. The number of rotatable bonds is 6. The van der Waals surface area contributed by atoms with Gasteiger partial charge in [-0.1, -0.05) is 37.5 Å². The smallest absolute Gasteiger partial charge is 0.0945 e. The molecular formula is C18H29NO2. The SMILES string of the molecule is Cc1ccc(NCC(O)COC2CCCC(C)C2)c(C)c1. The van der Waals surface area contributed by atoms with Crippen LogP contribution < -0.4 is 5.32 Å². The number of hydrogen-bond acceptors (Lipinski definition) is 3. The quantitative estimate of drug-likeness (QED) is 0.840. The first-order chi connectivity index (χ1) is 10.0. The molecule has 0 heterocycles. The van der Waals surface area contributed by atoms with Gasteiger partial charge in [-0.3, -0.25) is 0 Å². The van der Waals surface area contributed by atoms with Crippen molar-refractivity contribution >= 4 is 5.69 Å². The third-order valence-corrected chi connectivity index (χ3v) is 4.32. The normalized spacial score (nSPS) is 23.8. The number of aliphatic hydroxyl groups excluding tert-OH is 1. The number of aliphatic hydroxyl groups is 1. The van der Waals surface area contributed by atoms with Crippen molar-refractivity contribution in [2.24, 2.45) is 5.92 Å². The molecule has 0 spiro atoms. The highest BCUT2D eigenvalue weighted by Crippen LogP contribution is 2.25. The summed E-state index contributed by atoms with van der Waals surface area (Å²) in [6.07, 6.45) is 4.73. The van der Waals surface area contributed by atoms with E-state index in [4.69, 9.17) is 4.74 Å². The second-order valence-electron chi connectivity index (χ2n) is 6.58. The molecule has 3 unspecified atom stereocenters. The van der Waals surface area contributed by atoms with Gasteiger partial charge < -0.3 is 15.2 Å². The third kappa shape index (κ3) is 5.33. The molecule has 0 radical (unpaired) electrons. The fraction of sp³-hybridized carbons (Fsp3) is 0.667.